The minimum absolute atomic E-state index is 0.0608. The van der Waals surface area contributed by atoms with Crippen molar-refractivity contribution in [2.45, 2.75) is 19.5 Å². The largest absolute Gasteiger partial charge is 0.508 e. The number of halogens is 1. The third-order valence-electron chi connectivity index (χ3n) is 2.21. The summed E-state index contributed by atoms with van der Waals surface area (Å²) in [6.07, 6.45) is 0.459. The molecular weight excluding hydrogens is 244 g/mol. The van der Waals surface area contributed by atoms with E-state index in [1.807, 2.05) is 0 Å². The first-order valence-electron chi connectivity index (χ1n) is 4.99. The van der Waals surface area contributed by atoms with E-state index in [2.05, 4.69) is 10.6 Å². The summed E-state index contributed by atoms with van der Waals surface area (Å²) in [7, 11) is 0. The molecule has 0 aliphatic heterocycles. The van der Waals surface area contributed by atoms with E-state index in [0.717, 1.165) is 0 Å². The normalized spacial score (nSPS) is 11.6. The van der Waals surface area contributed by atoms with Crippen LogP contribution in [-0.4, -0.2) is 23.5 Å². The molecule has 1 aromatic rings. The van der Waals surface area contributed by atoms with E-state index in [1.54, 1.807) is 19.1 Å². The van der Waals surface area contributed by atoms with Gasteiger partial charge in [-0.3, -0.25) is 9.59 Å². The van der Waals surface area contributed by atoms with Crippen molar-refractivity contribution in [2.75, 3.05) is 0 Å². The van der Waals surface area contributed by atoms with Crippen LogP contribution in [0.3, 0.4) is 0 Å². The van der Waals surface area contributed by atoms with Crippen LogP contribution in [0.2, 0.25) is 5.02 Å². The number of phenolic OH excluding ortho intramolecular Hbond substituents is 1. The fraction of sp³-hybridized carbons (Fsp3) is 0.273. The van der Waals surface area contributed by atoms with Gasteiger partial charge in [0.25, 0.3) is 0 Å². The van der Waals surface area contributed by atoms with E-state index in [0.29, 0.717) is 17.0 Å². The van der Waals surface area contributed by atoms with E-state index in [9.17, 15) is 14.7 Å². The van der Waals surface area contributed by atoms with Crippen molar-refractivity contribution in [1.29, 1.82) is 0 Å². The molecule has 0 spiro atoms. The smallest absolute Gasteiger partial charge is 0.242 e. The second-order valence-corrected chi connectivity index (χ2v) is 3.93. The molecule has 17 heavy (non-hydrogen) atoms. The Bertz CT molecular complexity index is 423. The highest BCUT2D eigenvalue weighted by Gasteiger charge is 2.11. The highest BCUT2D eigenvalue weighted by Crippen LogP contribution is 2.20. The number of aromatic hydroxyl groups is 1. The molecule has 1 aromatic carbocycles. The molecule has 0 aliphatic rings. The van der Waals surface area contributed by atoms with Gasteiger partial charge in [-0.05, 0) is 25.1 Å². The number of nitrogens with one attached hydrogen (secondary N) is 2. The molecule has 0 radical (unpaired) electrons. The lowest BCUT2D eigenvalue weighted by atomic mass is 10.2. The van der Waals surface area contributed by atoms with E-state index >= 15 is 0 Å². The second-order valence-electron chi connectivity index (χ2n) is 3.50. The van der Waals surface area contributed by atoms with Crippen molar-refractivity contribution < 1.29 is 14.7 Å². The second kappa shape index (κ2) is 6.10. The molecule has 0 bridgehead atoms. The number of hydrogen-bond acceptors (Lipinski definition) is 3. The van der Waals surface area contributed by atoms with E-state index in [4.69, 9.17) is 11.6 Å². The molecule has 0 fully saturated rings. The predicted octanol–water partition coefficient (Wildman–Crippen LogP) is 0.796. The van der Waals surface area contributed by atoms with Crippen molar-refractivity contribution >= 4 is 23.9 Å². The topological polar surface area (TPSA) is 78.4 Å². The van der Waals surface area contributed by atoms with Gasteiger partial charge in [0.15, 0.2) is 0 Å². The Balaban J connectivity index is 2.58. The Kier molecular flexibility index (Phi) is 4.78. The van der Waals surface area contributed by atoms with Crippen LogP contribution in [-0.2, 0) is 16.1 Å². The summed E-state index contributed by atoms with van der Waals surface area (Å²) in [6, 6.07) is 3.96. The number of phenols is 1. The highest BCUT2D eigenvalue weighted by molar-refractivity contribution is 6.30. The van der Waals surface area contributed by atoms with Gasteiger partial charge in [-0.2, -0.15) is 0 Å². The van der Waals surface area contributed by atoms with Gasteiger partial charge in [-0.25, -0.2) is 0 Å². The van der Waals surface area contributed by atoms with Gasteiger partial charge in [0.1, 0.15) is 11.8 Å². The quantitative estimate of drug-likeness (QED) is 0.682. The molecule has 2 amide bonds. The average molecular weight is 257 g/mol. The Labute approximate surface area is 104 Å². The number of carbonyl (C=O) groups is 2. The van der Waals surface area contributed by atoms with Crippen LogP contribution in [0.15, 0.2) is 18.2 Å². The molecule has 5 nitrogen and oxygen atoms in total. The highest BCUT2D eigenvalue weighted by atomic mass is 35.5. The molecule has 0 saturated heterocycles. The van der Waals surface area contributed by atoms with Crippen LogP contribution in [0.5, 0.6) is 5.75 Å². The lowest BCUT2D eigenvalue weighted by Crippen LogP contribution is -2.41. The predicted molar refractivity (Wildman–Crippen MR) is 63.6 cm³/mol. The van der Waals surface area contributed by atoms with Gasteiger partial charge >= 0.3 is 0 Å². The number of hydrogen-bond donors (Lipinski definition) is 3. The van der Waals surface area contributed by atoms with Crippen LogP contribution in [0.25, 0.3) is 0 Å². The van der Waals surface area contributed by atoms with Gasteiger partial charge in [-0.1, -0.05) is 11.6 Å². The first-order chi connectivity index (χ1) is 8.04. The summed E-state index contributed by atoms with van der Waals surface area (Å²) < 4.78 is 0. The first-order valence-corrected chi connectivity index (χ1v) is 5.37. The Morgan fingerprint density at radius 2 is 2.29 bits per heavy atom. The van der Waals surface area contributed by atoms with Gasteiger partial charge in [0.05, 0.1) is 0 Å². The summed E-state index contributed by atoms with van der Waals surface area (Å²) in [5.74, 6) is -0.276. The number of benzene rings is 1. The zero-order valence-corrected chi connectivity index (χ0v) is 9.99. The first kappa shape index (κ1) is 13.3. The Morgan fingerprint density at radius 3 is 2.94 bits per heavy atom. The van der Waals surface area contributed by atoms with E-state index < -0.39 is 6.04 Å². The minimum atomic E-state index is -0.617. The maximum atomic E-state index is 11.5. The van der Waals surface area contributed by atoms with Gasteiger partial charge < -0.3 is 15.7 Å². The van der Waals surface area contributed by atoms with Crippen LogP contribution in [0.4, 0.5) is 0 Å². The lowest BCUT2D eigenvalue weighted by molar-refractivity contribution is -0.125. The van der Waals surface area contributed by atoms with Gasteiger partial charge in [-0.15, -0.1) is 0 Å². The zero-order chi connectivity index (χ0) is 12.8. The molecule has 1 atom stereocenters. The van der Waals surface area contributed by atoms with Crippen molar-refractivity contribution in [3.05, 3.63) is 28.8 Å². The number of rotatable bonds is 5. The van der Waals surface area contributed by atoms with Crippen LogP contribution >= 0.6 is 11.6 Å². The SMILES string of the molecule is CC(NC=O)C(=O)NCc1cc(Cl)ccc1O. The number of carbonyl (C=O) groups excluding carboxylic acids is 2. The maximum absolute atomic E-state index is 11.5. The fourth-order valence-electron chi connectivity index (χ4n) is 1.21. The third kappa shape index (κ3) is 3.96. The van der Waals surface area contributed by atoms with Crippen molar-refractivity contribution in [3.8, 4) is 5.75 Å². The molecule has 6 heteroatoms. The summed E-state index contributed by atoms with van der Waals surface area (Å²) in [5.41, 5.74) is 0.518. The van der Waals surface area contributed by atoms with Crippen LogP contribution < -0.4 is 10.6 Å². The molecule has 0 heterocycles. The molecule has 0 aromatic heterocycles. The third-order valence-corrected chi connectivity index (χ3v) is 2.44. The van der Waals surface area contributed by atoms with Crippen molar-refractivity contribution in [3.63, 3.8) is 0 Å². The van der Waals surface area contributed by atoms with Crippen molar-refractivity contribution in [2.24, 2.45) is 0 Å². The molecule has 0 saturated carbocycles. The molecule has 1 rings (SSSR count). The number of amides is 2. The summed E-state index contributed by atoms with van der Waals surface area (Å²) in [4.78, 5) is 21.6. The molecular formula is C11H13ClN2O3. The monoisotopic (exact) mass is 256 g/mol. The Morgan fingerprint density at radius 1 is 1.59 bits per heavy atom. The molecule has 1 unspecified atom stereocenters. The summed E-state index contributed by atoms with van der Waals surface area (Å²) in [5, 5.41) is 14.9. The summed E-state index contributed by atoms with van der Waals surface area (Å²) >= 11 is 5.76. The Hall–Kier alpha value is -1.75. The van der Waals surface area contributed by atoms with Crippen LogP contribution in [0, 0.1) is 0 Å². The van der Waals surface area contributed by atoms with Gasteiger partial charge in [0, 0.05) is 17.1 Å². The zero-order valence-electron chi connectivity index (χ0n) is 9.24. The maximum Gasteiger partial charge on any atom is 0.242 e. The minimum Gasteiger partial charge on any atom is -0.508 e. The van der Waals surface area contributed by atoms with Gasteiger partial charge in [0.2, 0.25) is 12.3 Å². The summed E-state index contributed by atoms with van der Waals surface area (Å²) in [6.45, 7) is 1.71. The standard InChI is InChI=1S/C11H13ClN2O3/c1-7(14-6-15)11(17)13-5-8-4-9(12)2-3-10(8)16/h2-4,6-7,16H,5H2,1H3,(H,13,17)(H,14,15). The van der Waals surface area contributed by atoms with Crippen molar-refractivity contribution in [1.82, 2.24) is 10.6 Å². The van der Waals surface area contributed by atoms with E-state index in [-0.39, 0.29) is 18.2 Å². The van der Waals surface area contributed by atoms with E-state index in [1.165, 1.54) is 6.07 Å². The molecule has 3 N–H and O–H groups in total. The average Bonchev–Trinajstić information content (AvgIpc) is 2.30. The fourth-order valence-corrected chi connectivity index (χ4v) is 1.40. The van der Waals surface area contributed by atoms with Crippen LogP contribution in [0.1, 0.15) is 12.5 Å². The molecule has 0 aliphatic carbocycles. The molecule has 92 valence electrons. The lowest BCUT2D eigenvalue weighted by Gasteiger charge is -2.11.